The third-order valence-corrected chi connectivity index (χ3v) is 8.36. The van der Waals surface area contributed by atoms with Crippen LogP contribution in [-0.4, -0.2) is 46.5 Å². The lowest BCUT2D eigenvalue weighted by molar-refractivity contribution is -0.130. The number of carbonyl (C=O) groups is 1. The number of nitrogens with two attached hydrogens (primary N) is 1. The second-order valence-electron chi connectivity index (χ2n) is 12.2. The van der Waals surface area contributed by atoms with E-state index >= 15 is 0 Å². The van der Waals surface area contributed by atoms with Crippen LogP contribution in [0.3, 0.4) is 0 Å². The summed E-state index contributed by atoms with van der Waals surface area (Å²) in [6, 6.07) is 0. The van der Waals surface area contributed by atoms with Gasteiger partial charge in [0.2, 0.25) is 0 Å². The fourth-order valence-electron chi connectivity index (χ4n) is 5.61. The molecular formula is C34H69NO4. The maximum atomic E-state index is 12.6. The largest absolute Gasteiger partial charge is 0.396 e. The summed E-state index contributed by atoms with van der Waals surface area (Å²) in [5, 5.41) is 30.5. The number of aliphatic hydroxyl groups is 3. The molecule has 0 fully saturated rings. The first kappa shape index (κ1) is 38.5. The van der Waals surface area contributed by atoms with Crippen LogP contribution >= 0.6 is 0 Å². The van der Waals surface area contributed by atoms with Gasteiger partial charge in [0.25, 0.3) is 0 Å². The predicted octanol–water partition coefficient (Wildman–Crippen LogP) is 8.40. The molecule has 0 aliphatic heterocycles. The molecule has 0 saturated heterocycles. The molecule has 39 heavy (non-hydrogen) atoms. The van der Waals surface area contributed by atoms with Crippen LogP contribution < -0.4 is 5.73 Å². The Kier molecular flexibility index (Phi) is 30.1. The van der Waals surface area contributed by atoms with Crippen molar-refractivity contribution in [2.75, 3.05) is 13.2 Å². The van der Waals surface area contributed by atoms with Crippen LogP contribution in [0.5, 0.6) is 0 Å². The van der Waals surface area contributed by atoms with Gasteiger partial charge < -0.3 is 21.1 Å². The first-order valence-electron chi connectivity index (χ1n) is 17.3. The van der Waals surface area contributed by atoms with Crippen LogP contribution in [0.1, 0.15) is 180 Å². The molecule has 0 bridgehead atoms. The van der Waals surface area contributed by atoms with Gasteiger partial charge in [-0.05, 0) is 25.8 Å². The van der Waals surface area contributed by atoms with Crippen LogP contribution in [0.4, 0.5) is 0 Å². The minimum absolute atomic E-state index is 0.0494. The molecule has 5 nitrogen and oxygen atoms in total. The summed E-state index contributed by atoms with van der Waals surface area (Å²) in [7, 11) is 0. The SMILES string of the molecule is CCCCCCCCCCCCC[C@@H](O)CC(=O)[C@@H](CO)C(O)CCCCCCCCCCCCCCCN. The Morgan fingerprint density at radius 2 is 0.923 bits per heavy atom. The molecule has 0 saturated carbocycles. The van der Waals surface area contributed by atoms with Gasteiger partial charge in [0, 0.05) is 6.42 Å². The van der Waals surface area contributed by atoms with Crippen molar-refractivity contribution in [3.8, 4) is 0 Å². The molecule has 0 spiro atoms. The fourth-order valence-corrected chi connectivity index (χ4v) is 5.61. The van der Waals surface area contributed by atoms with Crippen molar-refractivity contribution in [1.29, 1.82) is 0 Å². The summed E-state index contributed by atoms with van der Waals surface area (Å²) in [4.78, 5) is 12.6. The molecule has 0 aromatic heterocycles. The van der Waals surface area contributed by atoms with Crippen LogP contribution in [-0.2, 0) is 4.79 Å². The molecule has 1 unspecified atom stereocenters. The Morgan fingerprint density at radius 1 is 0.564 bits per heavy atom. The van der Waals surface area contributed by atoms with Gasteiger partial charge in [-0.2, -0.15) is 0 Å². The molecule has 0 amide bonds. The highest BCUT2D eigenvalue weighted by Crippen LogP contribution is 2.19. The summed E-state index contributed by atoms with van der Waals surface area (Å²) < 4.78 is 0. The van der Waals surface area contributed by atoms with Crippen molar-refractivity contribution in [3.63, 3.8) is 0 Å². The van der Waals surface area contributed by atoms with Gasteiger partial charge in [0.1, 0.15) is 5.78 Å². The Hall–Kier alpha value is -0.490. The number of Topliss-reactive ketones (excluding diaryl/α,β-unsaturated/α-hetero) is 1. The molecule has 0 aliphatic rings. The minimum Gasteiger partial charge on any atom is -0.396 e. The van der Waals surface area contributed by atoms with E-state index in [0.29, 0.717) is 12.8 Å². The summed E-state index contributed by atoms with van der Waals surface area (Å²) in [6.07, 6.45) is 29.8. The molecule has 0 aromatic rings. The van der Waals surface area contributed by atoms with Gasteiger partial charge in [-0.15, -0.1) is 0 Å². The number of aliphatic hydroxyl groups excluding tert-OH is 3. The zero-order valence-corrected chi connectivity index (χ0v) is 26.1. The van der Waals surface area contributed by atoms with Crippen molar-refractivity contribution in [2.24, 2.45) is 11.7 Å². The van der Waals surface area contributed by atoms with Crippen molar-refractivity contribution in [3.05, 3.63) is 0 Å². The van der Waals surface area contributed by atoms with E-state index in [9.17, 15) is 20.1 Å². The van der Waals surface area contributed by atoms with E-state index < -0.39 is 18.1 Å². The quantitative estimate of drug-likeness (QED) is 0.0624. The molecule has 3 atom stereocenters. The van der Waals surface area contributed by atoms with Gasteiger partial charge in [-0.1, -0.05) is 155 Å². The van der Waals surface area contributed by atoms with Gasteiger partial charge in [-0.25, -0.2) is 0 Å². The molecular weight excluding hydrogens is 486 g/mol. The standard InChI is InChI=1S/C34H69NO4/c1-2-3-4-5-6-7-11-14-17-20-23-26-31(37)29-34(39)32(30-36)33(38)27-24-21-18-15-12-9-8-10-13-16-19-22-25-28-35/h31-33,36-38H,2-30,35H2,1H3/t31-,32+,33?/m1/s1. The topological polar surface area (TPSA) is 104 Å². The van der Waals surface area contributed by atoms with Crippen molar-refractivity contribution >= 4 is 5.78 Å². The molecule has 0 rings (SSSR count). The number of hydrogen-bond donors (Lipinski definition) is 4. The number of ketones is 1. The van der Waals surface area contributed by atoms with E-state index in [1.54, 1.807) is 0 Å². The third-order valence-electron chi connectivity index (χ3n) is 8.36. The Morgan fingerprint density at radius 3 is 1.31 bits per heavy atom. The van der Waals surface area contributed by atoms with E-state index in [4.69, 9.17) is 5.73 Å². The van der Waals surface area contributed by atoms with Gasteiger partial charge in [0.05, 0.1) is 24.7 Å². The lowest BCUT2D eigenvalue weighted by atomic mass is 9.90. The van der Waals surface area contributed by atoms with Crippen LogP contribution in [0.15, 0.2) is 0 Å². The number of unbranched alkanes of at least 4 members (excludes halogenated alkanes) is 22. The number of carbonyl (C=O) groups excluding carboxylic acids is 1. The third kappa shape index (κ3) is 26.2. The average molecular weight is 556 g/mol. The maximum Gasteiger partial charge on any atom is 0.143 e. The van der Waals surface area contributed by atoms with E-state index in [1.807, 2.05) is 0 Å². The highest BCUT2D eigenvalue weighted by molar-refractivity contribution is 5.82. The summed E-state index contributed by atoms with van der Waals surface area (Å²) in [5.74, 6) is -0.952. The van der Waals surface area contributed by atoms with Crippen molar-refractivity contribution < 1.29 is 20.1 Å². The Labute approximate surface area is 243 Å². The molecule has 234 valence electrons. The van der Waals surface area contributed by atoms with Gasteiger partial charge in [-0.3, -0.25) is 4.79 Å². The monoisotopic (exact) mass is 556 g/mol. The molecule has 0 aromatic carbocycles. The number of rotatable bonds is 32. The fraction of sp³-hybridized carbons (Fsp3) is 0.971. The van der Waals surface area contributed by atoms with E-state index in [1.165, 1.54) is 122 Å². The van der Waals surface area contributed by atoms with Crippen LogP contribution in [0.25, 0.3) is 0 Å². The highest BCUT2D eigenvalue weighted by Gasteiger charge is 2.27. The first-order chi connectivity index (χ1) is 19.1. The second kappa shape index (κ2) is 30.5. The smallest absolute Gasteiger partial charge is 0.143 e. The Bertz CT molecular complexity index is 502. The molecule has 5 heteroatoms. The minimum atomic E-state index is -0.804. The van der Waals surface area contributed by atoms with Gasteiger partial charge >= 0.3 is 0 Å². The first-order valence-corrected chi connectivity index (χ1v) is 17.3. The normalized spacial score (nSPS) is 14.0. The lowest BCUT2D eigenvalue weighted by Gasteiger charge is -2.21. The van der Waals surface area contributed by atoms with E-state index in [0.717, 1.165) is 38.6 Å². The Balaban J connectivity index is 3.69. The summed E-state index contributed by atoms with van der Waals surface area (Å²) >= 11 is 0. The van der Waals surface area contributed by atoms with Crippen molar-refractivity contribution in [2.45, 2.75) is 192 Å². The summed E-state index contributed by atoms with van der Waals surface area (Å²) in [5.41, 5.74) is 5.52. The maximum absolute atomic E-state index is 12.6. The van der Waals surface area contributed by atoms with Gasteiger partial charge in [0.15, 0.2) is 0 Å². The predicted molar refractivity (Wildman–Crippen MR) is 167 cm³/mol. The zero-order chi connectivity index (χ0) is 28.8. The van der Waals surface area contributed by atoms with Crippen LogP contribution in [0.2, 0.25) is 0 Å². The molecule has 0 heterocycles. The van der Waals surface area contributed by atoms with Crippen LogP contribution in [0, 0.1) is 5.92 Å². The molecule has 0 radical (unpaired) electrons. The van der Waals surface area contributed by atoms with E-state index in [-0.39, 0.29) is 18.8 Å². The molecule has 0 aliphatic carbocycles. The van der Waals surface area contributed by atoms with Crippen molar-refractivity contribution in [1.82, 2.24) is 0 Å². The molecule has 5 N–H and O–H groups in total. The average Bonchev–Trinajstić information content (AvgIpc) is 2.92. The highest BCUT2D eigenvalue weighted by atomic mass is 16.3. The summed E-state index contributed by atoms with van der Waals surface area (Å²) in [6.45, 7) is 2.74. The second-order valence-corrected chi connectivity index (χ2v) is 12.2. The zero-order valence-electron chi connectivity index (χ0n) is 26.1. The lowest BCUT2D eigenvalue weighted by Crippen LogP contribution is -2.33. The number of hydrogen-bond acceptors (Lipinski definition) is 5. The van der Waals surface area contributed by atoms with E-state index in [2.05, 4.69) is 6.92 Å².